The number of rotatable bonds is 3. The lowest BCUT2D eigenvalue weighted by molar-refractivity contribution is 0.545. The van der Waals surface area contributed by atoms with Gasteiger partial charge in [-0.3, -0.25) is 9.36 Å². The van der Waals surface area contributed by atoms with Crippen LogP contribution in [-0.4, -0.2) is 23.9 Å². The van der Waals surface area contributed by atoms with Crippen LogP contribution < -0.4 is 5.56 Å². The van der Waals surface area contributed by atoms with Crippen molar-refractivity contribution >= 4 is 16.8 Å². The SMILES string of the molecule is O=c1cnc2ncccc2n1Cc1c(F)cc(-c2ccc3nccn3c2)cc1F. The molecule has 4 aromatic heterocycles. The molecule has 0 amide bonds. The highest BCUT2D eigenvalue weighted by Gasteiger charge is 2.15. The minimum absolute atomic E-state index is 0.198. The van der Waals surface area contributed by atoms with Gasteiger partial charge in [0.25, 0.3) is 5.56 Å². The van der Waals surface area contributed by atoms with Gasteiger partial charge >= 0.3 is 0 Å². The Balaban J connectivity index is 1.59. The number of imidazole rings is 1. The predicted octanol–water partition coefficient (Wildman–Crippen LogP) is 3.43. The fourth-order valence-electron chi connectivity index (χ4n) is 3.34. The van der Waals surface area contributed by atoms with Gasteiger partial charge in [0.1, 0.15) is 17.3 Å². The Morgan fingerprint density at radius 2 is 1.76 bits per heavy atom. The molecule has 0 unspecified atom stereocenters. The van der Waals surface area contributed by atoms with Crippen molar-refractivity contribution in [1.29, 1.82) is 0 Å². The summed E-state index contributed by atoms with van der Waals surface area (Å²) in [6, 6.07) is 9.34. The number of fused-ring (bicyclic) bond motifs is 2. The summed E-state index contributed by atoms with van der Waals surface area (Å²) < 4.78 is 32.8. The number of nitrogens with zero attached hydrogens (tertiary/aromatic N) is 5. The molecule has 6 nitrogen and oxygen atoms in total. The third-order valence-corrected chi connectivity index (χ3v) is 4.80. The van der Waals surface area contributed by atoms with E-state index in [1.165, 1.54) is 22.9 Å². The summed E-state index contributed by atoms with van der Waals surface area (Å²) in [5, 5.41) is 0. The summed E-state index contributed by atoms with van der Waals surface area (Å²) in [6.45, 7) is -0.262. The maximum Gasteiger partial charge on any atom is 0.269 e. The van der Waals surface area contributed by atoms with Gasteiger partial charge in [0, 0.05) is 30.4 Å². The predicted molar refractivity (Wildman–Crippen MR) is 103 cm³/mol. The van der Waals surface area contributed by atoms with E-state index in [0.29, 0.717) is 22.3 Å². The fraction of sp³-hybridized carbons (Fsp3) is 0.0476. The second-order valence-electron chi connectivity index (χ2n) is 6.56. The van der Waals surface area contributed by atoms with Crippen molar-refractivity contribution < 1.29 is 8.78 Å². The lowest BCUT2D eigenvalue weighted by Crippen LogP contribution is -2.22. The highest BCUT2D eigenvalue weighted by Crippen LogP contribution is 2.25. The number of hydrogen-bond acceptors (Lipinski definition) is 4. The van der Waals surface area contributed by atoms with Gasteiger partial charge in [-0.1, -0.05) is 0 Å². The molecule has 29 heavy (non-hydrogen) atoms. The molecule has 0 aliphatic heterocycles. The molecule has 5 rings (SSSR count). The van der Waals surface area contributed by atoms with Crippen molar-refractivity contribution in [2.24, 2.45) is 0 Å². The molecular weight excluding hydrogens is 376 g/mol. The normalized spacial score (nSPS) is 11.4. The highest BCUT2D eigenvalue weighted by atomic mass is 19.1. The summed E-state index contributed by atoms with van der Waals surface area (Å²) >= 11 is 0. The Morgan fingerprint density at radius 1 is 0.931 bits per heavy atom. The van der Waals surface area contributed by atoms with E-state index in [1.54, 1.807) is 47.3 Å². The third-order valence-electron chi connectivity index (χ3n) is 4.80. The van der Waals surface area contributed by atoms with Gasteiger partial charge < -0.3 is 4.40 Å². The Hall–Kier alpha value is -3.94. The van der Waals surface area contributed by atoms with Gasteiger partial charge in [-0.15, -0.1) is 0 Å². The van der Waals surface area contributed by atoms with Gasteiger partial charge in [-0.2, -0.15) is 0 Å². The van der Waals surface area contributed by atoms with Crippen LogP contribution in [0.3, 0.4) is 0 Å². The molecule has 0 N–H and O–H groups in total. The van der Waals surface area contributed by atoms with Crippen LogP contribution >= 0.6 is 0 Å². The van der Waals surface area contributed by atoms with E-state index in [1.807, 2.05) is 0 Å². The number of aromatic nitrogens is 5. The van der Waals surface area contributed by atoms with Crippen molar-refractivity contribution in [2.45, 2.75) is 6.54 Å². The maximum absolute atomic E-state index is 14.9. The van der Waals surface area contributed by atoms with Gasteiger partial charge in [0.15, 0.2) is 5.65 Å². The minimum Gasteiger partial charge on any atom is -0.306 e. The second-order valence-corrected chi connectivity index (χ2v) is 6.56. The van der Waals surface area contributed by atoms with Crippen LogP contribution in [-0.2, 0) is 6.54 Å². The number of hydrogen-bond donors (Lipinski definition) is 0. The van der Waals surface area contributed by atoms with Crippen molar-refractivity contribution in [3.8, 4) is 11.1 Å². The molecule has 0 saturated heterocycles. The van der Waals surface area contributed by atoms with Crippen molar-refractivity contribution in [3.05, 3.63) is 94.9 Å². The topological polar surface area (TPSA) is 65.1 Å². The summed E-state index contributed by atoms with van der Waals surface area (Å²) in [5.74, 6) is -1.46. The Morgan fingerprint density at radius 3 is 2.59 bits per heavy atom. The van der Waals surface area contributed by atoms with E-state index >= 15 is 0 Å². The van der Waals surface area contributed by atoms with Crippen LogP contribution in [0.25, 0.3) is 27.9 Å². The summed E-state index contributed by atoms with van der Waals surface area (Å²) in [6.07, 6.45) is 7.80. The maximum atomic E-state index is 14.9. The molecule has 0 bridgehead atoms. The fourth-order valence-corrected chi connectivity index (χ4v) is 3.34. The molecule has 1 aromatic carbocycles. The Labute approximate surface area is 162 Å². The highest BCUT2D eigenvalue weighted by molar-refractivity contribution is 5.69. The molecule has 4 heterocycles. The lowest BCUT2D eigenvalue weighted by Gasteiger charge is -2.12. The standard InChI is InChI=1S/C21H13F2N5O/c22-16-8-14(13-3-4-19-24-6-7-27(19)11-13)9-17(23)15(16)12-28-18-2-1-5-25-21(18)26-10-20(28)29/h1-11H,12H2. The largest absolute Gasteiger partial charge is 0.306 e. The Bertz CT molecular complexity index is 1420. The van der Waals surface area contributed by atoms with Crippen LogP contribution in [0, 0.1) is 11.6 Å². The molecular formula is C21H13F2N5O. The summed E-state index contributed by atoms with van der Waals surface area (Å²) in [7, 11) is 0. The average molecular weight is 389 g/mol. The molecule has 0 aliphatic rings. The molecule has 142 valence electrons. The van der Waals surface area contributed by atoms with Gasteiger partial charge in [0.05, 0.1) is 18.3 Å². The zero-order chi connectivity index (χ0) is 20.0. The molecule has 0 saturated carbocycles. The van der Waals surface area contributed by atoms with E-state index in [2.05, 4.69) is 15.0 Å². The zero-order valence-corrected chi connectivity index (χ0v) is 15.0. The number of pyridine rings is 2. The second kappa shape index (κ2) is 6.59. The minimum atomic E-state index is -0.730. The lowest BCUT2D eigenvalue weighted by atomic mass is 10.0. The zero-order valence-electron chi connectivity index (χ0n) is 15.0. The first-order valence-corrected chi connectivity index (χ1v) is 8.82. The molecule has 0 spiro atoms. The van der Waals surface area contributed by atoms with Crippen molar-refractivity contribution in [2.75, 3.05) is 0 Å². The molecule has 0 fully saturated rings. The smallest absolute Gasteiger partial charge is 0.269 e. The van der Waals surface area contributed by atoms with E-state index in [0.717, 1.165) is 11.8 Å². The van der Waals surface area contributed by atoms with Gasteiger partial charge in [-0.05, 0) is 47.5 Å². The van der Waals surface area contributed by atoms with E-state index in [4.69, 9.17) is 0 Å². The molecule has 5 aromatic rings. The molecule has 0 atom stereocenters. The molecule has 0 radical (unpaired) electrons. The van der Waals surface area contributed by atoms with Crippen LogP contribution in [0.1, 0.15) is 5.56 Å². The van der Waals surface area contributed by atoms with E-state index < -0.39 is 17.2 Å². The van der Waals surface area contributed by atoms with Crippen molar-refractivity contribution in [1.82, 2.24) is 23.9 Å². The van der Waals surface area contributed by atoms with Crippen molar-refractivity contribution in [3.63, 3.8) is 0 Å². The van der Waals surface area contributed by atoms with Gasteiger partial charge in [-0.25, -0.2) is 23.7 Å². The monoisotopic (exact) mass is 389 g/mol. The Kier molecular flexibility index (Phi) is 3.90. The molecule has 0 aliphatic carbocycles. The number of halogens is 2. The van der Waals surface area contributed by atoms with Gasteiger partial charge in [0.2, 0.25) is 0 Å². The summed E-state index contributed by atoms with van der Waals surface area (Å²) in [5.41, 5.74) is 1.87. The third kappa shape index (κ3) is 2.94. The van der Waals surface area contributed by atoms with Crippen LogP contribution in [0.5, 0.6) is 0 Å². The average Bonchev–Trinajstić information content (AvgIpc) is 3.19. The first-order chi connectivity index (χ1) is 14.1. The summed E-state index contributed by atoms with van der Waals surface area (Å²) in [4.78, 5) is 24.5. The van der Waals surface area contributed by atoms with Crippen LogP contribution in [0.15, 0.2) is 72.2 Å². The first kappa shape index (κ1) is 17.2. The van der Waals surface area contributed by atoms with E-state index in [-0.39, 0.29) is 12.1 Å². The first-order valence-electron chi connectivity index (χ1n) is 8.82. The molecule has 8 heteroatoms. The van der Waals surface area contributed by atoms with Crippen LogP contribution in [0.2, 0.25) is 0 Å². The number of benzene rings is 1. The van der Waals surface area contributed by atoms with Crippen LogP contribution in [0.4, 0.5) is 8.78 Å². The quantitative estimate of drug-likeness (QED) is 0.474. The van der Waals surface area contributed by atoms with E-state index in [9.17, 15) is 13.6 Å².